The SMILES string of the molecule is CC(=O)NC1N=C(C(=O)O)C=C(C)N1C(C)c1ccc(OCC(F)(F)F)cc1. The molecule has 1 aromatic carbocycles. The maximum atomic E-state index is 12.2. The Morgan fingerprint density at radius 1 is 1.32 bits per heavy atom. The van der Waals surface area contributed by atoms with Crippen LogP contribution in [0.25, 0.3) is 0 Å². The molecule has 0 bridgehead atoms. The molecule has 1 aliphatic rings. The number of ether oxygens (including phenoxy) is 1. The van der Waals surface area contributed by atoms with Crippen molar-refractivity contribution in [2.75, 3.05) is 6.61 Å². The zero-order valence-electron chi connectivity index (χ0n) is 15.4. The van der Waals surface area contributed by atoms with E-state index in [1.54, 1.807) is 30.9 Å². The smallest absolute Gasteiger partial charge is 0.422 e. The maximum Gasteiger partial charge on any atom is 0.422 e. The summed E-state index contributed by atoms with van der Waals surface area (Å²) in [7, 11) is 0. The second kappa shape index (κ2) is 8.32. The van der Waals surface area contributed by atoms with Gasteiger partial charge in [0, 0.05) is 12.6 Å². The van der Waals surface area contributed by atoms with Crippen LogP contribution >= 0.6 is 0 Å². The standard InChI is InChI=1S/C18H20F3N3O4/c1-10-8-15(16(26)27)23-17(22-12(3)25)24(10)11(2)13-4-6-14(7-5-13)28-9-18(19,20)21/h4-8,11,17H,9H2,1-3H3,(H,22,25)(H,26,27). The van der Waals surface area contributed by atoms with Crippen LogP contribution in [0.2, 0.25) is 0 Å². The molecule has 2 rings (SSSR count). The van der Waals surface area contributed by atoms with Crippen LogP contribution in [0.4, 0.5) is 13.2 Å². The number of amides is 1. The molecule has 0 aliphatic carbocycles. The molecule has 0 radical (unpaired) electrons. The summed E-state index contributed by atoms with van der Waals surface area (Å²) in [6, 6.07) is 5.68. The quantitative estimate of drug-likeness (QED) is 0.768. The van der Waals surface area contributed by atoms with Gasteiger partial charge in [0.25, 0.3) is 0 Å². The number of nitrogens with zero attached hydrogens (tertiary/aromatic N) is 2. The first-order chi connectivity index (χ1) is 13.0. The van der Waals surface area contributed by atoms with E-state index >= 15 is 0 Å². The number of carbonyl (C=O) groups excluding carboxylic acids is 1. The molecule has 152 valence electrons. The summed E-state index contributed by atoms with van der Waals surface area (Å²) in [5.74, 6) is -1.53. The highest BCUT2D eigenvalue weighted by molar-refractivity contribution is 6.40. The van der Waals surface area contributed by atoms with Gasteiger partial charge < -0.3 is 20.1 Å². The predicted molar refractivity (Wildman–Crippen MR) is 94.7 cm³/mol. The first-order valence-electron chi connectivity index (χ1n) is 8.32. The predicted octanol–water partition coefficient (Wildman–Crippen LogP) is 2.85. The fourth-order valence-electron chi connectivity index (χ4n) is 2.78. The van der Waals surface area contributed by atoms with Gasteiger partial charge in [-0.3, -0.25) is 4.79 Å². The molecule has 0 fully saturated rings. The van der Waals surface area contributed by atoms with Crippen LogP contribution in [0.3, 0.4) is 0 Å². The molecule has 2 N–H and O–H groups in total. The van der Waals surface area contributed by atoms with Crippen LogP contribution in [0.5, 0.6) is 5.75 Å². The molecule has 2 atom stereocenters. The summed E-state index contributed by atoms with van der Waals surface area (Å²) in [5, 5.41) is 11.8. The average Bonchev–Trinajstić information content (AvgIpc) is 2.58. The maximum absolute atomic E-state index is 12.2. The minimum atomic E-state index is -4.42. The van der Waals surface area contributed by atoms with Gasteiger partial charge in [-0.2, -0.15) is 13.2 Å². The lowest BCUT2D eigenvalue weighted by Crippen LogP contribution is -2.49. The monoisotopic (exact) mass is 399 g/mol. The van der Waals surface area contributed by atoms with E-state index in [4.69, 9.17) is 4.74 Å². The van der Waals surface area contributed by atoms with Gasteiger partial charge in [0.15, 0.2) is 12.9 Å². The van der Waals surface area contributed by atoms with Gasteiger partial charge in [-0.1, -0.05) is 12.1 Å². The summed E-state index contributed by atoms with van der Waals surface area (Å²) in [6.07, 6.45) is -3.96. The number of rotatable bonds is 6. The molecule has 0 saturated heterocycles. The van der Waals surface area contributed by atoms with E-state index in [0.29, 0.717) is 5.70 Å². The van der Waals surface area contributed by atoms with Crippen LogP contribution < -0.4 is 10.1 Å². The Bertz CT molecular complexity index is 803. The minimum absolute atomic E-state index is 0.0729. The van der Waals surface area contributed by atoms with E-state index in [0.717, 1.165) is 5.56 Å². The minimum Gasteiger partial charge on any atom is -0.484 e. The van der Waals surface area contributed by atoms with E-state index < -0.39 is 25.0 Å². The second-order valence-corrected chi connectivity index (χ2v) is 6.24. The molecule has 1 aliphatic heterocycles. The summed E-state index contributed by atoms with van der Waals surface area (Å²) in [6.45, 7) is 3.40. The zero-order chi connectivity index (χ0) is 21.1. The number of halogens is 3. The number of benzene rings is 1. The van der Waals surface area contributed by atoms with Gasteiger partial charge in [0.05, 0.1) is 6.04 Å². The Balaban J connectivity index is 2.23. The molecule has 0 spiro atoms. The van der Waals surface area contributed by atoms with Crippen molar-refractivity contribution in [2.45, 2.75) is 39.3 Å². The van der Waals surface area contributed by atoms with Gasteiger partial charge in [0.1, 0.15) is 11.5 Å². The van der Waals surface area contributed by atoms with E-state index in [2.05, 4.69) is 10.3 Å². The Morgan fingerprint density at radius 3 is 2.43 bits per heavy atom. The van der Waals surface area contributed by atoms with Crippen molar-refractivity contribution < 1.29 is 32.6 Å². The Hall–Kier alpha value is -3.04. The van der Waals surface area contributed by atoms with E-state index in [1.807, 2.05) is 0 Å². The van der Waals surface area contributed by atoms with Crippen LogP contribution in [0.1, 0.15) is 32.4 Å². The first-order valence-corrected chi connectivity index (χ1v) is 8.32. The third-order valence-electron chi connectivity index (χ3n) is 4.01. The largest absolute Gasteiger partial charge is 0.484 e. The van der Waals surface area contributed by atoms with Crippen molar-refractivity contribution in [3.8, 4) is 5.75 Å². The molecule has 2 unspecified atom stereocenters. The summed E-state index contributed by atoms with van der Waals surface area (Å²) >= 11 is 0. The average molecular weight is 399 g/mol. The van der Waals surface area contributed by atoms with Gasteiger partial charge in [-0.15, -0.1) is 0 Å². The summed E-state index contributed by atoms with van der Waals surface area (Å²) < 4.78 is 41.4. The van der Waals surface area contributed by atoms with Gasteiger partial charge >= 0.3 is 12.1 Å². The molecule has 0 aromatic heterocycles. The number of aliphatic imine (C=N–C) groups is 1. The number of carboxylic acids is 1. The molecule has 1 aromatic rings. The fraction of sp³-hybridized carbons (Fsp3) is 0.389. The number of hydrogen-bond donors (Lipinski definition) is 2. The van der Waals surface area contributed by atoms with Gasteiger partial charge in [0.2, 0.25) is 5.91 Å². The Kier molecular flexibility index (Phi) is 6.32. The number of alkyl halides is 3. The molecule has 1 amide bonds. The first kappa shape index (κ1) is 21.3. The molecule has 10 heteroatoms. The lowest BCUT2D eigenvalue weighted by atomic mass is 10.0. The van der Waals surface area contributed by atoms with Crippen LogP contribution in [0, 0.1) is 0 Å². The van der Waals surface area contributed by atoms with E-state index in [9.17, 15) is 27.9 Å². The number of carboxylic acid groups (broad SMARTS) is 1. The van der Waals surface area contributed by atoms with Crippen LogP contribution in [-0.2, 0) is 9.59 Å². The van der Waals surface area contributed by atoms with Crippen molar-refractivity contribution >= 4 is 17.6 Å². The fourth-order valence-corrected chi connectivity index (χ4v) is 2.78. The number of carbonyl (C=O) groups is 2. The zero-order valence-corrected chi connectivity index (χ0v) is 15.4. The van der Waals surface area contributed by atoms with Crippen LogP contribution in [0.15, 0.2) is 41.0 Å². The van der Waals surface area contributed by atoms with Crippen molar-refractivity contribution in [1.29, 1.82) is 0 Å². The van der Waals surface area contributed by atoms with E-state index in [1.165, 1.54) is 25.1 Å². The number of hydrogen-bond acceptors (Lipinski definition) is 5. The third kappa shape index (κ3) is 5.48. The second-order valence-electron chi connectivity index (χ2n) is 6.24. The molecular weight excluding hydrogens is 379 g/mol. The van der Waals surface area contributed by atoms with Crippen molar-refractivity contribution in [2.24, 2.45) is 4.99 Å². The van der Waals surface area contributed by atoms with Crippen LogP contribution in [-0.4, -0.2) is 46.7 Å². The Morgan fingerprint density at radius 2 is 1.93 bits per heavy atom. The number of nitrogens with one attached hydrogen (secondary N) is 1. The summed E-state index contributed by atoms with van der Waals surface area (Å²) in [5.41, 5.74) is 1.10. The molecule has 1 heterocycles. The highest BCUT2D eigenvalue weighted by Crippen LogP contribution is 2.30. The molecular formula is C18H20F3N3O4. The number of allylic oxidation sites excluding steroid dienone is 1. The van der Waals surface area contributed by atoms with Crippen molar-refractivity contribution in [3.05, 3.63) is 41.6 Å². The van der Waals surface area contributed by atoms with Crippen molar-refractivity contribution in [3.63, 3.8) is 0 Å². The third-order valence-corrected chi connectivity index (χ3v) is 4.01. The Labute approximate surface area is 159 Å². The van der Waals surface area contributed by atoms with Gasteiger partial charge in [-0.05, 0) is 37.6 Å². The summed E-state index contributed by atoms with van der Waals surface area (Å²) in [4.78, 5) is 28.5. The normalized spacial score (nSPS) is 18.1. The lowest BCUT2D eigenvalue weighted by molar-refractivity contribution is -0.153. The van der Waals surface area contributed by atoms with Gasteiger partial charge in [-0.25, -0.2) is 9.79 Å². The molecule has 28 heavy (non-hydrogen) atoms. The number of aliphatic carboxylic acids is 1. The van der Waals surface area contributed by atoms with E-state index in [-0.39, 0.29) is 23.4 Å². The van der Waals surface area contributed by atoms with Crippen molar-refractivity contribution in [1.82, 2.24) is 10.2 Å². The topological polar surface area (TPSA) is 91.2 Å². The molecule has 0 saturated carbocycles. The highest BCUT2D eigenvalue weighted by Gasteiger charge is 2.31. The highest BCUT2D eigenvalue weighted by atomic mass is 19.4. The molecule has 7 nitrogen and oxygen atoms in total. The lowest BCUT2D eigenvalue weighted by Gasteiger charge is -2.39.